The molecule has 30 heavy (non-hydrogen) atoms. The van der Waals surface area contributed by atoms with E-state index < -0.39 is 10.0 Å². The van der Waals surface area contributed by atoms with E-state index >= 15 is 0 Å². The highest BCUT2D eigenvalue weighted by Crippen LogP contribution is 2.25. The summed E-state index contributed by atoms with van der Waals surface area (Å²) >= 11 is 0. The van der Waals surface area contributed by atoms with Gasteiger partial charge in [0.2, 0.25) is 15.9 Å². The highest BCUT2D eigenvalue weighted by Gasteiger charge is 2.19. The van der Waals surface area contributed by atoms with E-state index in [1.807, 2.05) is 56.3 Å². The van der Waals surface area contributed by atoms with E-state index in [-0.39, 0.29) is 18.9 Å². The van der Waals surface area contributed by atoms with Gasteiger partial charge in [0.05, 0.1) is 11.9 Å². The first-order valence-electron chi connectivity index (χ1n) is 10.4. The van der Waals surface area contributed by atoms with Crippen molar-refractivity contribution in [2.45, 2.75) is 39.5 Å². The maximum Gasteiger partial charge on any atom is 0.232 e. The molecule has 162 valence electrons. The van der Waals surface area contributed by atoms with Gasteiger partial charge >= 0.3 is 0 Å². The van der Waals surface area contributed by atoms with Gasteiger partial charge in [-0.25, -0.2) is 8.42 Å². The van der Waals surface area contributed by atoms with Crippen LogP contribution in [0.1, 0.15) is 36.8 Å². The highest BCUT2D eigenvalue weighted by atomic mass is 32.2. The van der Waals surface area contributed by atoms with Crippen LogP contribution in [-0.2, 0) is 14.8 Å². The Morgan fingerprint density at radius 2 is 1.73 bits per heavy atom. The highest BCUT2D eigenvalue weighted by molar-refractivity contribution is 7.92. The van der Waals surface area contributed by atoms with Crippen LogP contribution in [0.25, 0.3) is 0 Å². The first-order chi connectivity index (χ1) is 14.2. The van der Waals surface area contributed by atoms with E-state index in [0.29, 0.717) is 12.1 Å². The first-order valence-corrected chi connectivity index (χ1v) is 12.3. The van der Waals surface area contributed by atoms with Gasteiger partial charge in [-0.05, 0) is 74.6 Å². The Morgan fingerprint density at radius 3 is 2.37 bits per heavy atom. The number of carbonyl (C=O) groups excluding carboxylic acids is 1. The molecule has 0 aromatic heterocycles. The van der Waals surface area contributed by atoms with Crippen LogP contribution in [0.5, 0.6) is 0 Å². The molecule has 0 saturated carbocycles. The van der Waals surface area contributed by atoms with E-state index in [1.54, 1.807) is 0 Å². The Bertz CT molecular complexity index is 981. The van der Waals surface area contributed by atoms with Gasteiger partial charge in [-0.3, -0.25) is 9.10 Å². The van der Waals surface area contributed by atoms with E-state index in [4.69, 9.17) is 0 Å². The van der Waals surface area contributed by atoms with Gasteiger partial charge in [0.25, 0.3) is 0 Å². The molecule has 0 bridgehead atoms. The summed E-state index contributed by atoms with van der Waals surface area (Å²) in [5.74, 6) is -0.113. The number of nitrogens with zero attached hydrogens (tertiary/aromatic N) is 2. The van der Waals surface area contributed by atoms with Crippen LogP contribution < -0.4 is 14.5 Å². The van der Waals surface area contributed by atoms with Crippen molar-refractivity contribution in [3.05, 3.63) is 53.6 Å². The molecule has 0 spiro atoms. The average Bonchev–Trinajstić information content (AvgIpc) is 3.22. The molecule has 2 aromatic rings. The Balaban J connectivity index is 1.56. The number of amides is 1. The Kier molecular flexibility index (Phi) is 7.02. The van der Waals surface area contributed by atoms with Crippen molar-refractivity contribution >= 4 is 33.0 Å². The van der Waals surface area contributed by atoms with Crippen LogP contribution in [0.4, 0.5) is 17.1 Å². The van der Waals surface area contributed by atoms with E-state index in [1.165, 1.54) is 29.1 Å². The van der Waals surface area contributed by atoms with Gasteiger partial charge in [-0.1, -0.05) is 12.1 Å². The second-order valence-corrected chi connectivity index (χ2v) is 9.92. The number of aryl methyl sites for hydroxylation is 2. The summed E-state index contributed by atoms with van der Waals surface area (Å²) in [5, 5.41) is 2.91. The third-order valence-corrected chi connectivity index (χ3v) is 6.60. The molecule has 1 aliphatic rings. The van der Waals surface area contributed by atoms with Crippen LogP contribution in [0, 0.1) is 13.8 Å². The van der Waals surface area contributed by atoms with E-state index in [2.05, 4.69) is 10.2 Å². The van der Waals surface area contributed by atoms with Crippen molar-refractivity contribution in [3.8, 4) is 0 Å². The summed E-state index contributed by atoms with van der Waals surface area (Å²) in [6, 6.07) is 13.7. The molecule has 0 atom stereocenters. The zero-order valence-electron chi connectivity index (χ0n) is 18.0. The fraction of sp³-hybridized carbons (Fsp3) is 0.435. The van der Waals surface area contributed by atoms with Gasteiger partial charge in [-0.2, -0.15) is 0 Å². The van der Waals surface area contributed by atoms with Crippen molar-refractivity contribution in [2.24, 2.45) is 0 Å². The number of sulfonamides is 1. The molecule has 1 amide bonds. The molecule has 1 N–H and O–H groups in total. The number of benzene rings is 2. The molecule has 0 aliphatic carbocycles. The topological polar surface area (TPSA) is 69.7 Å². The third-order valence-electron chi connectivity index (χ3n) is 5.42. The standard InChI is InChI=1S/C23H31N3O3S/c1-18-8-9-19(2)22(17-18)26(30(3,28)29)16-6-7-23(27)24-20-10-12-21(13-11-20)25-14-4-5-15-25/h8-13,17H,4-7,14-16H2,1-3H3,(H,24,27). The first kappa shape index (κ1) is 22.2. The molecule has 1 saturated heterocycles. The molecule has 2 aromatic carbocycles. The lowest BCUT2D eigenvalue weighted by atomic mass is 10.1. The minimum atomic E-state index is -3.43. The maximum atomic E-state index is 12.4. The molecule has 0 radical (unpaired) electrons. The molecule has 1 heterocycles. The molecular formula is C23H31N3O3S. The summed E-state index contributed by atoms with van der Waals surface area (Å²) in [4.78, 5) is 14.7. The SMILES string of the molecule is Cc1ccc(C)c(N(CCCC(=O)Nc2ccc(N3CCCC3)cc2)S(C)(=O)=O)c1. The Hall–Kier alpha value is -2.54. The largest absolute Gasteiger partial charge is 0.372 e. The predicted octanol–water partition coefficient (Wildman–Crippen LogP) is 4.09. The fourth-order valence-corrected chi connectivity index (χ4v) is 4.81. The third kappa shape index (κ3) is 5.75. The number of hydrogen-bond acceptors (Lipinski definition) is 4. The molecule has 7 heteroatoms. The lowest BCUT2D eigenvalue weighted by molar-refractivity contribution is -0.116. The number of nitrogens with one attached hydrogen (secondary N) is 1. The Labute approximate surface area is 179 Å². The average molecular weight is 430 g/mol. The number of anilines is 3. The minimum absolute atomic E-state index is 0.113. The number of rotatable bonds is 8. The van der Waals surface area contributed by atoms with Crippen molar-refractivity contribution in [2.75, 3.05) is 40.4 Å². The van der Waals surface area contributed by atoms with Crippen LogP contribution >= 0.6 is 0 Å². The Morgan fingerprint density at radius 1 is 1.07 bits per heavy atom. The monoisotopic (exact) mass is 429 g/mol. The van der Waals surface area contributed by atoms with Gasteiger partial charge in [0.15, 0.2) is 0 Å². The minimum Gasteiger partial charge on any atom is -0.372 e. The summed E-state index contributed by atoms with van der Waals surface area (Å²) in [5.41, 5.74) is 4.52. The van der Waals surface area contributed by atoms with Crippen LogP contribution in [-0.4, -0.2) is 40.2 Å². The summed E-state index contributed by atoms with van der Waals surface area (Å²) in [6.07, 6.45) is 4.36. The second-order valence-electron chi connectivity index (χ2n) is 8.02. The van der Waals surface area contributed by atoms with Crippen molar-refractivity contribution in [1.29, 1.82) is 0 Å². The van der Waals surface area contributed by atoms with Gasteiger partial charge in [0, 0.05) is 37.4 Å². The van der Waals surface area contributed by atoms with Crippen molar-refractivity contribution < 1.29 is 13.2 Å². The van der Waals surface area contributed by atoms with E-state index in [9.17, 15) is 13.2 Å². The van der Waals surface area contributed by atoms with E-state index in [0.717, 1.165) is 29.9 Å². The van der Waals surface area contributed by atoms with Gasteiger partial charge in [0.1, 0.15) is 0 Å². The molecule has 1 aliphatic heterocycles. The van der Waals surface area contributed by atoms with Crippen LogP contribution in [0.15, 0.2) is 42.5 Å². The van der Waals surface area contributed by atoms with Gasteiger partial charge in [-0.15, -0.1) is 0 Å². The lowest BCUT2D eigenvalue weighted by Gasteiger charge is -2.24. The normalized spacial score (nSPS) is 14.0. The molecule has 3 rings (SSSR count). The number of carbonyl (C=O) groups is 1. The molecule has 1 fully saturated rings. The summed E-state index contributed by atoms with van der Waals surface area (Å²) in [7, 11) is -3.43. The zero-order chi connectivity index (χ0) is 21.7. The zero-order valence-corrected chi connectivity index (χ0v) is 18.8. The molecule has 0 unspecified atom stereocenters. The molecular weight excluding hydrogens is 398 g/mol. The quantitative estimate of drug-likeness (QED) is 0.686. The van der Waals surface area contributed by atoms with Gasteiger partial charge < -0.3 is 10.2 Å². The lowest BCUT2D eigenvalue weighted by Crippen LogP contribution is -2.32. The van der Waals surface area contributed by atoms with Crippen LogP contribution in [0.2, 0.25) is 0 Å². The number of hydrogen-bond donors (Lipinski definition) is 1. The van der Waals surface area contributed by atoms with Crippen LogP contribution in [0.3, 0.4) is 0 Å². The fourth-order valence-electron chi connectivity index (χ4n) is 3.79. The summed E-state index contributed by atoms with van der Waals surface area (Å²) in [6.45, 7) is 6.27. The molecule has 6 nitrogen and oxygen atoms in total. The smallest absolute Gasteiger partial charge is 0.232 e. The maximum absolute atomic E-state index is 12.4. The van der Waals surface area contributed by atoms with Crippen molar-refractivity contribution in [1.82, 2.24) is 0 Å². The second kappa shape index (κ2) is 9.51. The van der Waals surface area contributed by atoms with Crippen molar-refractivity contribution in [3.63, 3.8) is 0 Å². The predicted molar refractivity (Wildman–Crippen MR) is 124 cm³/mol. The summed E-state index contributed by atoms with van der Waals surface area (Å²) < 4.78 is 26.0.